The van der Waals surface area contributed by atoms with E-state index in [1.807, 2.05) is 20.2 Å². The molecule has 1 amide bonds. The van der Waals surface area contributed by atoms with E-state index in [0.717, 1.165) is 5.56 Å². The molecule has 0 bridgehead atoms. The maximum Gasteiger partial charge on any atom is 0.272 e. The highest BCUT2D eigenvalue weighted by Gasteiger charge is 2.16. The van der Waals surface area contributed by atoms with E-state index in [1.165, 1.54) is 0 Å². The lowest BCUT2D eigenvalue weighted by Crippen LogP contribution is -2.26. The van der Waals surface area contributed by atoms with E-state index >= 15 is 0 Å². The third kappa shape index (κ3) is 3.71. The average Bonchev–Trinajstić information content (AvgIpc) is 3.39. The Morgan fingerprint density at radius 1 is 1.37 bits per heavy atom. The number of aryl methyl sites for hydroxylation is 1. The first kappa shape index (κ1) is 17.0. The van der Waals surface area contributed by atoms with E-state index in [4.69, 9.17) is 14.2 Å². The van der Waals surface area contributed by atoms with E-state index in [2.05, 4.69) is 20.6 Å². The number of amides is 1. The number of carbonyl (C=O) groups excluding carboxylic acids is 1. The number of benzene rings is 1. The molecule has 27 heavy (non-hydrogen) atoms. The van der Waals surface area contributed by atoms with Crippen LogP contribution < -0.4 is 19.5 Å². The van der Waals surface area contributed by atoms with Crippen LogP contribution in [0.3, 0.4) is 0 Å². The minimum atomic E-state index is -0.267. The maximum atomic E-state index is 12.4. The van der Waals surface area contributed by atoms with Gasteiger partial charge in [0.15, 0.2) is 11.5 Å². The fourth-order valence-corrected chi connectivity index (χ4v) is 2.70. The van der Waals surface area contributed by atoms with E-state index in [1.54, 1.807) is 35.1 Å². The van der Waals surface area contributed by atoms with Crippen LogP contribution >= 0.6 is 0 Å². The maximum absolute atomic E-state index is 12.4. The molecule has 0 radical (unpaired) electrons. The van der Waals surface area contributed by atoms with Gasteiger partial charge in [0.05, 0.1) is 17.9 Å². The Labute approximate surface area is 155 Å². The molecule has 2 aromatic heterocycles. The Hall–Kier alpha value is -3.49. The average molecular weight is 369 g/mol. The summed E-state index contributed by atoms with van der Waals surface area (Å²) in [6.07, 6.45) is 3.58. The van der Waals surface area contributed by atoms with Crippen molar-refractivity contribution in [3.05, 3.63) is 53.6 Å². The van der Waals surface area contributed by atoms with E-state index in [9.17, 15) is 4.79 Å². The van der Waals surface area contributed by atoms with Crippen LogP contribution in [0.2, 0.25) is 0 Å². The lowest BCUT2D eigenvalue weighted by Gasteiger charge is -2.10. The van der Waals surface area contributed by atoms with Crippen LogP contribution in [0.4, 0.5) is 0 Å². The van der Waals surface area contributed by atoms with Gasteiger partial charge in [-0.15, -0.1) is 0 Å². The second kappa shape index (κ2) is 7.02. The predicted octanol–water partition coefficient (Wildman–Crippen LogP) is 1.94. The van der Waals surface area contributed by atoms with Crippen molar-refractivity contribution < 1.29 is 19.0 Å². The summed E-state index contributed by atoms with van der Waals surface area (Å²) in [4.78, 5) is 12.4. The van der Waals surface area contributed by atoms with Crippen molar-refractivity contribution in [2.45, 2.75) is 19.6 Å². The summed E-state index contributed by atoms with van der Waals surface area (Å²) >= 11 is 0. The topological polar surface area (TPSA) is 103 Å². The van der Waals surface area contributed by atoms with Gasteiger partial charge >= 0.3 is 0 Å². The smallest absolute Gasteiger partial charge is 0.272 e. The number of hydrogen-bond donors (Lipinski definition) is 2. The molecule has 0 unspecified atom stereocenters. The van der Waals surface area contributed by atoms with Crippen molar-refractivity contribution in [2.24, 2.45) is 7.05 Å². The number of ether oxygens (including phenoxy) is 3. The number of carbonyl (C=O) groups is 1. The van der Waals surface area contributed by atoms with Gasteiger partial charge in [0.2, 0.25) is 6.79 Å². The molecule has 3 aromatic rings. The van der Waals surface area contributed by atoms with Crippen molar-refractivity contribution >= 4 is 5.91 Å². The number of rotatable bonds is 6. The van der Waals surface area contributed by atoms with Crippen LogP contribution in [0.1, 0.15) is 34.7 Å². The molecule has 1 aliphatic heterocycles. The Morgan fingerprint density at radius 2 is 2.22 bits per heavy atom. The monoisotopic (exact) mass is 369 g/mol. The molecule has 0 fully saturated rings. The van der Waals surface area contributed by atoms with Gasteiger partial charge in [-0.05, 0) is 25.1 Å². The van der Waals surface area contributed by atoms with Crippen LogP contribution in [-0.4, -0.2) is 32.7 Å². The highest BCUT2D eigenvalue weighted by atomic mass is 16.7. The lowest BCUT2D eigenvalue weighted by atomic mass is 10.2. The summed E-state index contributed by atoms with van der Waals surface area (Å²) in [5.74, 6) is 1.73. The van der Waals surface area contributed by atoms with Crippen molar-refractivity contribution in [1.82, 2.24) is 25.3 Å². The predicted molar refractivity (Wildman–Crippen MR) is 94.6 cm³/mol. The van der Waals surface area contributed by atoms with E-state index < -0.39 is 0 Å². The lowest BCUT2D eigenvalue weighted by molar-refractivity contribution is 0.0934. The van der Waals surface area contributed by atoms with E-state index in [-0.39, 0.29) is 25.3 Å². The van der Waals surface area contributed by atoms with Gasteiger partial charge in [0, 0.05) is 24.9 Å². The van der Waals surface area contributed by atoms with Crippen LogP contribution in [0.5, 0.6) is 17.2 Å². The zero-order valence-electron chi connectivity index (χ0n) is 14.9. The van der Waals surface area contributed by atoms with E-state index in [0.29, 0.717) is 28.6 Å². The Bertz CT molecular complexity index is 964. The normalized spacial score (nSPS) is 13.4. The second-order valence-corrected chi connectivity index (χ2v) is 6.22. The molecule has 1 atom stereocenters. The fourth-order valence-electron chi connectivity index (χ4n) is 2.70. The summed E-state index contributed by atoms with van der Waals surface area (Å²) < 4.78 is 18.0. The minimum Gasteiger partial charge on any atom is -0.487 e. The summed E-state index contributed by atoms with van der Waals surface area (Å²) in [6, 6.07) is 6.85. The number of nitrogens with one attached hydrogen (secondary N) is 2. The molecule has 1 aliphatic rings. The molecule has 0 spiro atoms. The number of nitrogens with zero attached hydrogens (tertiary/aromatic N) is 3. The highest BCUT2D eigenvalue weighted by Crippen LogP contribution is 2.35. The standard InChI is InChI=1S/C18H19N5O4/c1-11(12-7-19-23(2)8-12)20-18(24)15-5-13(21-22-15)9-25-14-3-4-16-17(6-14)27-10-26-16/h3-8,11H,9-10H2,1-2H3,(H,20,24)(H,21,22)/t11-/m0/s1. The molecule has 3 heterocycles. The number of aromatic amines is 1. The van der Waals surface area contributed by atoms with Gasteiger partial charge in [0.1, 0.15) is 18.1 Å². The van der Waals surface area contributed by atoms with Gasteiger partial charge in [-0.3, -0.25) is 14.6 Å². The first-order valence-electron chi connectivity index (χ1n) is 8.44. The molecule has 2 N–H and O–H groups in total. The molecule has 0 saturated carbocycles. The van der Waals surface area contributed by atoms with Gasteiger partial charge in [-0.1, -0.05) is 0 Å². The Morgan fingerprint density at radius 3 is 3.04 bits per heavy atom. The largest absolute Gasteiger partial charge is 0.487 e. The number of hydrogen-bond acceptors (Lipinski definition) is 6. The van der Waals surface area contributed by atoms with Crippen LogP contribution in [0.15, 0.2) is 36.7 Å². The Kier molecular flexibility index (Phi) is 4.41. The highest BCUT2D eigenvalue weighted by molar-refractivity contribution is 5.92. The second-order valence-electron chi connectivity index (χ2n) is 6.22. The number of aromatic nitrogens is 4. The van der Waals surface area contributed by atoms with Crippen molar-refractivity contribution in [1.29, 1.82) is 0 Å². The molecule has 1 aromatic carbocycles. The third-order valence-corrected chi connectivity index (χ3v) is 4.17. The first-order chi connectivity index (χ1) is 13.1. The van der Waals surface area contributed by atoms with Gasteiger partial charge in [-0.2, -0.15) is 10.2 Å². The number of fused-ring (bicyclic) bond motifs is 1. The summed E-state index contributed by atoms with van der Waals surface area (Å²) in [5, 5.41) is 13.9. The van der Waals surface area contributed by atoms with Crippen molar-refractivity contribution in [2.75, 3.05) is 6.79 Å². The van der Waals surface area contributed by atoms with Crippen molar-refractivity contribution in [3.8, 4) is 17.2 Å². The molecule has 0 aliphatic carbocycles. The van der Waals surface area contributed by atoms with Crippen LogP contribution in [-0.2, 0) is 13.7 Å². The summed E-state index contributed by atoms with van der Waals surface area (Å²) in [6.45, 7) is 2.36. The van der Waals surface area contributed by atoms with Crippen LogP contribution in [0.25, 0.3) is 0 Å². The summed E-state index contributed by atoms with van der Waals surface area (Å²) in [7, 11) is 1.83. The SMILES string of the molecule is C[C@H](NC(=O)c1cc(COc2ccc3c(c2)OCO3)[nH]n1)c1cnn(C)c1. The zero-order chi connectivity index (χ0) is 18.8. The molecule has 140 valence electrons. The summed E-state index contributed by atoms with van der Waals surface area (Å²) in [5.41, 5.74) is 1.91. The molecule has 9 nitrogen and oxygen atoms in total. The molecular formula is C18H19N5O4. The zero-order valence-corrected chi connectivity index (χ0v) is 14.9. The fraction of sp³-hybridized carbons (Fsp3) is 0.278. The first-order valence-corrected chi connectivity index (χ1v) is 8.44. The molecule has 0 saturated heterocycles. The molecular weight excluding hydrogens is 350 g/mol. The van der Waals surface area contributed by atoms with Gasteiger partial charge in [0.25, 0.3) is 5.91 Å². The quantitative estimate of drug-likeness (QED) is 0.688. The van der Waals surface area contributed by atoms with Crippen LogP contribution in [0, 0.1) is 0 Å². The molecule has 9 heteroatoms. The van der Waals surface area contributed by atoms with Crippen molar-refractivity contribution in [3.63, 3.8) is 0 Å². The minimum absolute atomic E-state index is 0.170. The number of H-pyrrole nitrogens is 1. The van der Waals surface area contributed by atoms with Gasteiger partial charge in [-0.25, -0.2) is 0 Å². The van der Waals surface area contributed by atoms with Gasteiger partial charge < -0.3 is 19.5 Å². The third-order valence-electron chi connectivity index (χ3n) is 4.17. The Balaban J connectivity index is 1.34. The molecule has 4 rings (SSSR count).